The number of aryl methyl sites for hydroxylation is 1. The quantitative estimate of drug-likeness (QED) is 0.746. The predicted octanol–water partition coefficient (Wildman–Crippen LogP) is 5.42. The molecular formula is C18H21F3N2. The van der Waals surface area contributed by atoms with Crippen LogP contribution in [0.2, 0.25) is 0 Å². The van der Waals surface area contributed by atoms with Gasteiger partial charge < -0.3 is 9.88 Å². The number of benzene rings is 1. The molecule has 0 saturated heterocycles. The van der Waals surface area contributed by atoms with Gasteiger partial charge in [-0.2, -0.15) is 13.2 Å². The Labute approximate surface area is 134 Å². The number of aromatic nitrogens is 1. The summed E-state index contributed by atoms with van der Waals surface area (Å²) in [6.07, 6.45) is -0.137. The molecule has 0 bridgehead atoms. The predicted molar refractivity (Wildman–Crippen MR) is 87.7 cm³/mol. The van der Waals surface area contributed by atoms with Crippen molar-refractivity contribution >= 4 is 16.6 Å². The highest BCUT2D eigenvalue weighted by Gasteiger charge is 2.29. The van der Waals surface area contributed by atoms with Gasteiger partial charge in [0, 0.05) is 22.8 Å². The molecule has 0 unspecified atom stereocenters. The summed E-state index contributed by atoms with van der Waals surface area (Å²) in [6, 6.07) is 7.71. The van der Waals surface area contributed by atoms with Crippen molar-refractivity contribution in [3.05, 3.63) is 42.1 Å². The first-order chi connectivity index (χ1) is 10.8. The van der Waals surface area contributed by atoms with Crippen LogP contribution >= 0.6 is 0 Å². The molecule has 0 atom stereocenters. The highest BCUT2D eigenvalue weighted by Crippen LogP contribution is 2.32. The first kappa shape index (κ1) is 16.0. The summed E-state index contributed by atoms with van der Waals surface area (Å²) in [5.41, 5.74) is 3.46. The minimum absolute atomic E-state index is 0.359. The maximum Gasteiger partial charge on any atom is 0.406 e. The number of alkyl halides is 3. The number of rotatable bonds is 3. The molecule has 0 spiro atoms. The van der Waals surface area contributed by atoms with Gasteiger partial charge in [-0.25, -0.2) is 0 Å². The molecule has 1 aliphatic carbocycles. The number of anilines is 1. The van der Waals surface area contributed by atoms with Crippen molar-refractivity contribution in [3.8, 4) is 0 Å². The highest BCUT2D eigenvalue weighted by atomic mass is 19.4. The fraction of sp³-hybridized carbons (Fsp3) is 0.444. The largest absolute Gasteiger partial charge is 0.406 e. The molecule has 1 aliphatic rings. The summed E-state index contributed by atoms with van der Waals surface area (Å²) in [6.45, 7) is 4.79. The Hall–Kier alpha value is -1.91. The average Bonchev–Trinajstić information content (AvgIpc) is 2.77. The van der Waals surface area contributed by atoms with Crippen LogP contribution in [0.3, 0.4) is 0 Å². The van der Waals surface area contributed by atoms with Crippen LogP contribution in [0, 0.1) is 6.92 Å². The first-order valence-electron chi connectivity index (χ1n) is 7.92. The van der Waals surface area contributed by atoms with Gasteiger partial charge in [-0.3, -0.25) is 0 Å². The number of nitrogens with zero attached hydrogens (tertiary/aromatic N) is 1. The summed E-state index contributed by atoms with van der Waals surface area (Å²) in [4.78, 5) is 0. The number of nitrogens with one attached hydrogen (secondary N) is 1. The summed E-state index contributed by atoms with van der Waals surface area (Å²) in [7, 11) is 0. The van der Waals surface area contributed by atoms with Gasteiger partial charge in [-0.15, -0.1) is 0 Å². The van der Waals surface area contributed by atoms with Gasteiger partial charge in [0.1, 0.15) is 6.54 Å². The SMILES string of the molecule is C=C1CCC(Nc2cccc3c2cc(C)n3CC(F)(F)F)CC1. The van der Waals surface area contributed by atoms with Gasteiger partial charge >= 0.3 is 6.18 Å². The summed E-state index contributed by atoms with van der Waals surface area (Å²) in [5.74, 6) is 0. The van der Waals surface area contributed by atoms with E-state index in [1.807, 2.05) is 18.2 Å². The zero-order valence-corrected chi connectivity index (χ0v) is 13.2. The Bertz CT molecular complexity index is 718. The molecule has 23 heavy (non-hydrogen) atoms. The Morgan fingerprint density at radius 1 is 1.26 bits per heavy atom. The topological polar surface area (TPSA) is 17.0 Å². The lowest BCUT2D eigenvalue weighted by molar-refractivity contribution is -0.140. The van der Waals surface area contributed by atoms with E-state index in [-0.39, 0.29) is 0 Å². The molecule has 1 aromatic heterocycles. The second kappa shape index (κ2) is 5.95. The maximum atomic E-state index is 12.8. The van der Waals surface area contributed by atoms with E-state index < -0.39 is 12.7 Å². The first-order valence-corrected chi connectivity index (χ1v) is 7.92. The van der Waals surface area contributed by atoms with Crippen molar-refractivity contribution in [1.82, 2.24) is 4.57 Å². The summed E-state index contributed by atoms with van der Waals surface area (Å²) >= 11 is 0. The van der Waals surface area contributed by atoms with Gasteiger partial charge in [-0.05, 0) is 50.8 Å². The molecular weight excluding hydrogens is 301 g/mol. The molecule has 1 N–H and O–H groups in total. The third-order valence-electron chi connectivity index (χ3n) is 4.54. The van der Waals surface area contributed by atoms with Crippen LogP contribution in [0.1, 0.15) is 31.4 Å². The molecule has 2 nitrogen and oxygen atoms in total. The van der Waals surface area contributed by atoms with Crippen molar-refractivity contribution in [2.24, 2.45) is 0 Å². The van der Waals surface area contributed by atoms with Crippen molar-refractivity contribution in [3.63, 3.8) is 0 Å². The van der Waals surface area contributed by atoms with Crippen LogP contribution in [0.25, 0.3) is 10.9 Å². The zero-order chi connectivity index (χ0) is 16.6. The second-order valence-corrected chi connectivity index (χ2v) is 6.39. The van der Waals surface area contributed by atoms with Crippen molar-refractivity contribution in [1.29, 1.82) is 0 Å². The Morgan fingerprint density at radius 3 is 2.61 bits per heavy atom. The fourth-order valence-corrected chi connectivity index (χ4v) is 3.32. The zero-order valence-electron chi connectivity index (χ0n) is 13.2. The van der Waals surface area contributed by atoms with Gasteiger partial charge in [0.25, 0.3) is 0 Å². The summed E-state index contributed by atoms with van der Waals surface area (Å²) < 4.78 is 39.7. The average molecular weight is 322 g/mol. The third kappa shape index (κ3) is 3.54. The van der Waals surface area contributed by atoms with Crippen molar-refractivity contribution in [2.45, 2.75) is 51.4 Å². The van der Waals surface area contributed by atoms with Crippen LogP contribution in [0.15, 0.2) is 36.4 Å². The number of hydrogen-bond acceptors (Lipinski definition) is 1. The van der Waals surface area contributed by atoms with Crippen LogP contribution in [0.5, 0.6) is 0 Å². The lowest BCUT2D eigenvalue weighted by Crippen LogP contribution is -2.23. The lowest BCUT2D eigenvalue weighted by atomic mass is 9.91. The molecule has 3 rings (SSSR count). The Kier molecular flexibility index (Phi) is 4.13. The number of halogens is 3. The molecule has 0 aliphatic heterocycles. The number of fused-ring (bicyclic) bond motifs is 1. The Balaban J connectivity index is 1.90. The molecule has 1 heterocycles. The van der Waals surface area contributed by atoms with Gasteiger partial charge in [-0.1, -0.05) is 18.2 Å². The van der Waals surface area contributed by atoms with E-state index in [1.165, 1.54) is 10.1 Å². The van der Waals surface area contributed by atoms with E-state index in [1.54, 1.807) is 13.0 Å². The molecule has 1 aromatic carbocycles. The van der Waals surface area contributed by atoms with E-state index in [2.05, 4.69) is 11.9 Å². The molecule has 124 valence electrons. The van der Waals surface area contributed by atoms with E-state index in [0.29, 0.717) is 17.3 Å². The van der Waals surface area contributed by atoms with E-state index in [0.717, 1.165) is 36.8 Å². The lowest BCUT2D eigenvalue weighted by Gasteiger charge is -2.25. The standard InChI is InChI=1S/C18H21F3N2/c1-12-6-8-14(9-7-12)22-16-4-3-5-17-15(16)10-13(2)23(17)11-18(19,20)21/h3-5,10,14,22H,1,6-9,11H2,2H3. The van der Waals surface area contributed by atoms with Gasteiger partial charge in [0.2, 0.25) is 0 Å². The van der Waals surface area contributed by atoms with Crippen LogP contribution < -0.4 is 5.32 Å². The Morgan fingerprint density at radius 2 is 1.96 bits per heavy atom. The normalized spacial score (nSPS) is 17.0. The number of hydrogen-bond donors (Lipinski definition) is 1. The smallest absolute Gasteiger partial charge is 0.382 e. The van der Waals surface area contributed by atoms with Crippen LogP contribution in [-0.4, -0.2) is 16.8 Å². The number of allylic oxidation sites excluding steroid dienone is 1. The van der Waals surface area contributed by atoms with Crippen LogP contribution in [-0.2, 0) is 6.54 Å². The molecule has 1 saturated carbocycles. The summed E-state index contributed by atoms with van der Waals surface area (Å²) in [5, 5.41) is 4.37. The van der Waals surface area contributed by atoms with Crippen molar-refractivity contribution < 1.29 is 13.2 Å². The minimum atomic E-state index is -4.22. The highest BCUT2D eigenvalue weighted by molar-refractivity contribution is 5.93. The molecule has 0 amide bonds. The van der Waals surface area contributed by atoms with E-state index in [4.69, 9.17) is 0 Å². The van der Waals surface area contributed by atoms with E-state index in [9.17, 15) is 13.2 Å². The molecule has 2 aromatic rings. The molecule has 5 heteroatoms. The monoisotopic (exact) mass is 322 g/mol. The maximum absolute atomic E-state index is 12.8. The van der Waals surface area contributed by atoms with E-state index >= 15 is 0 Å². The minimum Gasteiger partial charge on any atom is -0.382 e. The third-order valence-corrected chi connectivity index (χ3v) is 4.54. The van der Waals surface area contributed by atoms with Gasteiger partial charge in [0.15, 0.2) is 0 Å². The molecule has 1 fully saturated rings. The fourth-order valence-electron chi connectivity index (χ4n) is 3.32. The second-order valence-electron chi connectivity index (χ2n) is 6.39. The van der Waals surface area contributed by atoms with Crippen LogP contribution in [0.4, 0.5) is 18.9 Å². The molecule has 0 radical (unpaired) electrons. The van der Waals surface area contributed by atoms with Gasteiger partial charge in [0.05, 0.1) is 5.52 Å². The van der Waals surface area contributed by atoms with Crippen molar-refractivity contribution in [2.75, 3.05) is 5.32 Å².